The first-order valence-corrected chi connectivity index (χ1v) is 4.99. The molecular weight excluding hydrogens is 188 g/mol. The van der Waals surface area contributed by atoms with E-state index in [1.165, 1.54) is 0 Å². The van der Waals surface area contributed by atoms with Crippen molar-refractivity contribution in [2.24, 2.45) is 0 Å². The second-order valence-corrected chi connectivity index (χ2v) is 4.12. The molecule has 0 rings (SSSR count). The predicted molar refractivity (Wildman–Crippen MR) is 55.1 cm³/mol. The molecular formula is C9H18O3S. The molecule has 13 heavy (non-hydrogen) atoms. The molecule has 0 heterocycles. The summed E-state index contributed by atoms with van der Waals surface area (Å²) < 4.78 is 10.2. The van der Waals surface area contributed by atoms with Crippen molar-refractivity contribution in [2.45, 2.75) is 32.8 Å². The van der Waals surface area contributed by atoms with Crippen LogP contribution in [0.25, 0.3) is 0 Å². The van der Waals surface area contributed by atoms with Crippen LogP contribution in [-0.4, -0.2) is 30.5 Å². The van der Waals surface area contributed by atoms with Gasteiger partial charge in [-0.1, -0.05) is 0 Å². The van der Waals surface area contributed by atoms with E-state index < -0.39 is 5.60 Å². The van der Waals surface area contributed by atoms with Gasteiger partial charge in [-0.05, 0) is 20.8 Å². The SMILES string of the molecule is CC(C)(C)OC(=O)CCOCCS. The van der Waals surface area contributed by atoms with Crippen LogP contribution in [0.4, 0.5) is 0 Å². The number of carbonyl (C=O) groups excluding carboxylic acids is 1. The van der Waals surface area contributed by atoms with Crippen LogP contribution in [-0.2, 0) is 14.3 Å². The molecule has 78 valence electrons. The Morgan fingerprint density at radius 3 is 2.38 bits per heavy atom. The van der Waals surface area contributed by atoms with Crippen molar-refractivity contribution in [3.05, 3.63) is 0 Å². The van der Waals surface area contributed by atoms with Crippen molar-refractivity contribution in [3.63, 3.8) is 0 Å². The van der Waals surface area contributed by atoms with Gasteiger partial charge in [0.15, 0.2) is 0 Å². The van der Waals surface area contributed by atoms with E-state index in [-0.39, 0.29) is 5.97 Å². The van der Waals surface area contributed by atoms with Gasteiger partial charge in [0.1, 0.15) is 5.60 Å². The fourth-order valence-corrected chi connectivity index (χ4v) is 0.844. The van der Waals surface area contributed by atoms with Gasteiger partial charge in [-0.15, -0.1) is 0 Å². The van der Waals surface area contributed by atoms with E-state index >= 15 is 0 Å². The molecule has 0 fully saturated rings. The maximum Gasteiger partial charge on any atom is 0.308 e. The highest BCUT2D eigenvalue weighted by Gasteiger charge is 2.15. The monoisotopic (exact) mass is 206 g/mol. The highest BCUT2D eigenvalue weighted by molar-refractivity contribution is 7.80. The molecule has 0 unspecified atom stereocenters. The minimum absolute atomic E-state index is 0.216. The second kappa shape index (κ2) is 6.27. The van der Waals surface area contributed by atoms with Crippen molar-refractivity contribution in [3.8, 4) is 0 Å². The smallest absolute Gasteiger partial charge is 0.308 e. The zero-order valence-electron chi connectivity index (χ0n) is 8.50. The highest BCUT2D eigenvalue weighted by atomic mass is 32.1. The molecule has 0 spiro atoms. The van der Waals surface area contributed by atoms with Crippen molar-refractivity contribution in [1.29, 1.82) is 0 Å². The lowest BCUT2D eigenvalue weighted by molar-refractivity contribution is -0.155. The highest BCUT2D eigenvalue weighted by Crippen LogP contribution is 2.07. The Hall–Kier alpha value is -0.220. The van der Waals surface area contributed by atoms with Gasteiger partial charge in [0.05, 0.1) is 19.6 Å². The Labute approximate surface area is 85.2 Å². The molecule has 0 N–H and O–H groups in total. The summed E-state index contributed by atoms with van der Waals surface area (Å²) in [5.41, 5.74) is -0.402. The average molecular weight is 206 g/mol. The zero-order chi connectivity index (χ0) is 10.3. The second-order valence-electron chi connectivity index (χ2n) is 3.67. The Balaban J connectivity index is 3.41. The van der Waals surface area contributed by atoms with Crippen molar-refractivity contribution in [2.75, 3.05) is 19.0 Å². The number of esters is 1. The van der Waals surface area contributed by atoms with E-state index in [4.69, 9.17) is 9.47 Å². The summed E-state index contributed by atoms with van der Waals surface area (Å²) in [6, 6.07) is 0. The van der Waals surface area contributed by atoms with E-state index in [0.717, 1.165) is 0 Å². The molecule has 0 amide bonds. The third-order valence-electron chi connectivity index (χ3n) is 1.11. The summed E-state index contributed by atoms with van der Waals surface area (Å²) in [6.45, 7) is 6.53. The number of hydrogen-bond donors (Lipinski definition) is 1. The Kier molecular flexibility index (Phi) is 6.16. The van der Waals surface area contributed by atoms with Gasteiger partial charge in [-0.2, -0.15) is 12.6 Å². The standard InChI is InChI=1S/C9H18O3S/c1-9(2,3)12-8(10)4-5-11-6-7-13/h13H,4-7H2,1-3H3. The van der Waals surface area contributed by atoms with Gasteiger partial charge in [0.2, 0.25) is 0 Å². The Morgan fingerprint density at radius 1 is 1.31 bits per heavy atom. The van der Waals surface area contributed by atoms with Crippen molar-refractivity contribution < 1.29 is 14.3 Å². The molecule has 0 atom stereocenters. The summed E-state index contributed by atoms with van der Waals surface area (Å²) >= 11 is 3.97. The number of rotatable bonds is 5. The summed E-state index contributed by atoms with van der Waals surface area (Å²) in [4.78, 5) is 11.1. The molecule has 0 aromatic carbocycles. The molecule has 0 saturated carbocycles. The van der Waals surface area contributed by atoms with E-state index in [1.54, 1.807) is 0 Å². The van der Waals surface area contributed by atoms with Gasteiger partial charge in [-0.25, -0.2) is 0 Å². The summed E-state index contributed by atoms with van der Waals surface area (Å²) in [5.74, 6) is 0.459. The Morgan fingerprint density at radius 2 is 1.92 bits per heavy atom. The third kappa shape index (κ3) is 9.70. The topological polar surface area (TPSA) is 35.5 Å². The summed E-state index contributed by atoms with van der Waals surface area (Å²) in [5, 5.41) is 0. The van der Waals surface area contributed by atoms with Crippen LogP contribution < -0.4 is 0 Å². The van der Waals surface area contributed by atoms with Crippen molar-refractivity contribution >= 4 is 18.6 Å². The fourth-order valence-electron chi connectivity index (χ4n) is 0.715. The maximum atomic E-state index is 11.1. The van der Waals surface area contributed by atoms with Gasteiger partial charge in [0.25, 0.3) is 0 Å². The largest absolute Gasteiger partial charge is 0.460 e. The van der Waals surface area contributed by atoms with Gasteiger partial charge < -0.3 is 9.47 Å². The molecule has 3 nitrogen and oxygen atoms in total. The molecule has 0 radical (unpaired) electrons. The van der Waals surface area contributed by atoms with Gasteiger partial charge in [0, 0.05) is 5.75 Å². The molecule has 0 aromatic rings. The first-order valence-electron chi connectivity index (χ1n) is 4.36. The lowest BCUT2D eigenvalue weighted by atomic mass is 10.2. The van der Waals surface area contributed by atoms with E-state index in [0.29, 0.717) is 25.4 Å². The summed E-state index contributed by atoms with van der Waals surface area (Å²) in [6.07, 6.45) is 0.311. The lowest BCUT2D eigenvalue weighted by Gasteiger charge is -2.19. The quantitative estimate of drug-likeness (QED) is 0.422. The van der Waals surface area contributed by atoms with Crippen LogP contribution >= 0.6 is 12.6 Å². The number of thiol groups is 1. The first kappa shape index (κ1) is 12.8. The number of carbonyl (C=O) groups is 1. The zero-order valence-corrected chi connectivity index (χ0v) is 9.39. The molecule has 0 saturated heterocycles. The fraction of sp³-hybridized carbons (Fsp3) is 0.889. The molecule has 0 bridgehead atoms. The van der Waals surface area contributed by atoms with Gasteiger partial charge >= 0.3 is 5.97 Å². The number of hydrogen-bond acceptors (Lipinski definition) is 4. The molecule has 0 aromatic heterocycles. The average Bonchev–Trinajstić information content (AvgIpc) is 1.94. The molecule has 0 aliphatic rings. The normalized spacial score (nSPS) is 11.4. The van der Waals surface area contributed by atoms with Gasteiger partial charge in [-0.3, -0.25) is 4.79 Å². The van der Waals surface area contributed by atoms with Crippen LogP contribution in [0.3, 0.4) is 0 Å². The van der Waals surface area contributed by atoms with E-state index in [1.807, 2.05) is 20.8 Å². The van der Waals surface area contributed by atoms with Crippen LogP contribution in [0, 0.1) is 0 Å². The predicted octanol–water partition coefficient (Wildman–Crippen LogP) is 1.66. The minimum Gasteiger partial charge on any atom is -0.460 e. The first-order chi connectivity index (χ1) is 5.95. The molecule has 0 aliphatic carbocycles. The van der Waals surface area contributed by atoms with Crippen molar-refractivity contribution in [1.82, 2.24) is 0 Å². The third-order valence-corrected chi connectivity index (χ3v) is 1.29. The minimum atomic E-state index is -0.402. The number of ether oxygens (including phenoxy) is 2. The van der Waals surface area contributed by atoms with Crippen LogP contribution in [0.15, 0.2) is 0 Å². The molecule has 4 heteroatoms. The van der Waals surface area contributed by atoms with E-state index in [9.17, 15) is 4.79 Å². The van der Waals surface area contributed by atoms with Crippen LogP contribution in [0.1, 0.15) is 27.2 Å². The Bertz CT molecular complexity index is 151. The summed E-state index contributed by atoms with van der Waals surface area (Å²) in [7, 11) is 0. The van der Waals surface area contributed by atoms with E-state index in [2.05, 4.69) is 12.6 Å². The lowest BCUT2D eigenvalue weighted by Crippen LogP contribution is -2.24. The van der Waals surface area contributed by atoms with Crippen LogP contribution in [0.2, 0.25) is 0 Å². The maximum absolute atomic E-state index is 11.1. The van der Waals surface area contributed by atoms with Crippen LogP contribution in [0.5, 0.6) is 0 Å². The molecule has 0 aliphatic heterocycles.